The van der Waals surface area contributed by atoms with Gasteiger partial charge in [0.1, 0.15) is 0 Å². The zero-order valence-electron chi connectivity index (χ0n) is 13.5. The Morgan fingerprint density at radius 3 is 2.26 bits per heavy atom. The molecular weight excluding hydrogens is 365 g/mol. The molecule has 0 fully saturated rings. The largest absolute Gasteiger partial charge is 3.00 e. The summed E-state index contributed by atoms with van der Waals surface area (Å²) in [5.41, 5.74) is 5.36. The maximum Gasteiger partial charge on any atom is 3.00 e. The molecule has 3 rings (SSSR count). The molecule has 23 heavy (non-hydrogen) atoms. The second-order valence-electron chi connectivity index (χ2n) is 6.43. The van der Waals surface area contributed by atoms with Gasteiger partial charge in [-0.3, -0.25) is 11.1 Å². The Kier molecular flexibility index (Phi) is 8.60. The van der Waals surface area contributed by atoms with Crippen molar-refractivity contribution in [2.24, 2.45) is 5.41 Å². The first-order valence-corrected chi connectivity index (χ1v) is 7.19. The zero-order chi connectivity index (χ0) is 14.2. The molecule has 0 N–H and O–H groups in total. The van der Waals surface area contributed by atoms with Crippen LogP contribution in [0.5, 0.6) is 0 Å². The molecule has 1 aliphatic carbocycles. The van der Waals surface area contributed by atoms with Crippen molar-refractivity contribution in [1.82, 2.24) is 4.98 Å². The predicted octanol–water partition coefficient (Wildman–Crippen LogP) is -1.34. The van der Waals surface area contributed by atoms with Crippen LogP contribution in [0.15, 0.2) is 48.7 Å². The van der Waals surface area contributed by atoms with Crippen molar-refractivity contribution >= 4 is 5.57 Å². The number of nitrogens with zero attached hydrogens (tertiary/aromatic N) is 1. The molecule has 0 saturated heterocycles. The first kappa shape index (κ1) is 22.2. The number of fused-ring (bicyclic) bond motifs is 1. The van der Waals surface area contributed by atoms with E-state index in [1.54, 1.807) is 0 Å². The molecule has 0 bridgehead atoms. The number of pyridine rings is 1. The van der Waals surface area contributed by atoms with E-state index in [9.17, 15) is 0 Å². The fraction of sp³-hybridized carbons (Fsp3) is 0.316. The quantitative estimate of drug-likeness (QED) is 0.584. The van der Waals surface area contributed by atoms with Crippen molar-refractivity contribution in [3.63, 3.8) is 0 Å². The molecule has 121 valence electrons. The van der Waals surface area contributed by atoms with Crippen LogP contribution < -0.4 is 24.8 Å². The van der Waals surface area contributed by atoms with E-state index in [1.165, 1.54) is 16.7 Å². The van der Waals surface area contributed by atoms with Gasteiger partial charge in [0.2, 0.25) is 0 Å². The standard InChI is InChI=1S/C19H20N.2ClH.Cr/c1-19(2,3)18-13-14(12-15-8-6-7-11-20-15)16-9-4-5-10-17(16)18;;;/h4-11,14H,12H2,1-3H3;2*1H;/q-1;;;+3/p-2. The van der Waals surface area contributed by atoms with Gasteiger partial charge in [0.25, 0.3) is 0 Å². The van der Waals surface area contributed by atoms with Crippen LogP contribution in [0.4, 0.5) is 0 Å². The summed E-state index contributed by atoms with van der Waals surface area (Å²) < 4.78 is 0. The van der Waals surface area contributed by atoms with Crippen LogP contribution in [0.1, 0.15) is 43.5 Å². The van der Waals surface area contributed by atoms with Crippen LogP contribution >= 0.6 is 0 Å². The van der Waals surface area contributed by atoms with E-state index in [-0.39, 0.29) is 47.6 Å². The Hall–Kier alpha value is -0.778. The number of benzene rings is 1. The first-order chi connectivity index (χ1) is 9.55. The average molecular weight is 385 g/mol. The monoisotopic (exact) mass is 384 g/mol. The van der Waals surface area contributed by atoms with Crippen molar-refractivity contribution in [3.05, 3.63) is 71.6 Å². The smallest absolute Gasteiger partial charge is 1.00 e. The summed E-state index contributed by atoms with van der Waals surface area (Å²) in [4.78, 5) is 4.45. The number of rotatable bonds is 2. The van der Waals surface area contributed by atoms with Crippen LogP contribution in [0, 0.1) is 11.5 Å². The second-order valence-corrected chi connectivity index (χ2v) is 6.43. The molecule has 1 unspecified atom stereocenters. The molecule has 0 amide bonds. The number of halogens is 2. The van der Waals surface area contributed by atoms with Gasteiger partial charge in [-0.2, -0.15) is 5.56 Å². The maximum absolute atomic E-state index is 4.45. The maximum atomic E-state index is 4.45. The summed E-state index contributed by atoms with van der Waals surface area (Å²) in [6.07, 6.45) is 6.52. The minimum atomic E-state index is 0. The van der Waals surface area contributed by atoms with Gasteiger partial charge in [0.05, 0.1) is 0 Å². The summed E-state index contributed by atoms with van der Waals surface area (Å²) in [6, 6.07) is 14.8. The van der Waals surface area contributed by atoms with E-state index in [2.05, 4.69) is 68.2 Å². The molecular formula is C19H20Cl2CrN. The van der Waals surface area contributed by atoms with E-state index < -0.39 is 0 Å². The van der Waals surface area contributed by atoms with Gasteiger partial charge < -0.3 is 24.8 Å². The van der Waals surface area contributed by atoms with Gasteiger partial charge in [-0.25, -0.2) is 5.57 Å². The van der Waals surface area contributed by atoms with Gasteiger partial charge >= 0.3 is 17.4 Å². The van der Waals surface area contributed by atoms with Crippen molar-refractivity contribution in [2.75, 3.05) is 0 Å². The summed E-state index contributed by atoms with van der Waals surface area (Å²) >= 11 is 0. The number of hydrogen-bond acceptors (Lipinski definition) is 1. The van der Waals surface area contributed by atoms with Crippen molar-refractivity contribution in [2.45, 2.75) is 33.1 Å². The van der Waals surface area contributed by atoms with Gasteiger partial charge in [-0.15, -0.1) is 11.6 Å². The van der Waals surface area contributed by atoms with E-state index >= 15 is 0 Å². The van der Waals surface area contributed by atoms with E-state index in [0.717, 1.165) is 12.1 Å². The molecule has 1 aromatic carbocycles. The van der Waals surface area contributed by atoms with Gasteiger partial charge in [-0.05, 0) is 24.0 Å². The second kappa shape index (κ2) is 8.90. The fourth-order valence-electron chi connectivity index (χ4n) is 2.87. The number of allylic oxidation sites excluding steroid dienone is 2. The third kappa shape index (κ3) is 4.85. The first-order valence-electron chi connectivity index (χ1n) is 7.19. The SMILES string of the molecule is CC(C)(C)C1=[C-]C(Cc2ccccn2)c2ccccc21.[Cl-].[Cl-].[Cr+3]. The van der Waals surface area contributed by atoms with Crippen molar-refractivity contribution in [3.8, 4) is 0 Å². The topological polar surface area (TPSA) is 12.9 Å². The molecule has 2 aromatic rings. The van der Waals surface area contributed by atoms with Crippen molar-refractivity contribution in [1.29, 1.82) is 0 Å². The summed E-state index contributed by atoms with van der Waals surface area (Å²) in [7, 11) is 0. The van der Waals surface area contributed by atoms with Crippen LogP contribution in [-0.2, 0) is 23.8 Å². The van der Waals surface area contributed by atoms with Crippen molar-refractivity contribution < 1.29 is 42.2 Å². The van der Waals surface area contributed by atoms with Crippen LogP contribution in [0.3, 0.4) is 0 Å². The molecule has 1 atom stereocenters. The third-order valence-electron chi connectivity index (χ3n) is 3.81. The average Bonchev–Trinajstić information content (AvgIpc) is 2.79. The van der Waals surface area contributed by atoms with E-state index in [1.807, 2.05) is 12.3 Å². The minimum absolute atomic E-state index is 0. The predicted molar refractivity (Wildman–Crippen MR) is 83.2 cm³/mol. The summed E-state index contributed by atoms with van der Waals surface area (Å²) in [5.74, 6) is 0.329. The number of aromatic nitrogens is 1. The Morgan fingerprint density at radius 1 is 1.00 bits per heavy atom. The molecule has 1 radical (unpaired) electrons. The van der Waals surface area contributed by atoms with Gasteiger partial charge in [0.15, 0.2) is 0 Å². The molecule has 1 heterocycles. The van der Waals surface area contributed by atoms with Gasteiger partial charge in [-0.1, -0.05) is 51.0 Å². The summed E-state index contributed by atoms with van der Waals surface area (Å²) in [5, 5.41) is 0. The molecule has 0 aliphatic heterocycles. The zero-order valence-corrected chi connectivity index (χ0v) is 16.3. The molecule has 1 aliphatic rings. The fourth-order valence-corrected chi connectivity index (χ4v) is 2.87. The molecule has 0 spiro atoms. The van der Waals surface area contributed by atoms with Crippen LogP contribution in [-0.4, -0.2) is 4.98 Å². The third-order valence-corrected chi connectivity index (χ3v) is 3.81. The van der Waals surface area contributed by atoms with Crippen LogP contribution in [0.25, 0.3) is 5.57 Å². The Labute approximate surface area is 162 Å². The Bertz CT molecular complexity index is 648. The van der Waals surface area contributed by atoms with E-state index in [4.69, 9.17) is 0 Å². The summed E-state index contributed by atoms with van der Waals surface area (Å²) in [6.45, 7) is 6.78. The van der Waals surface area contributed by atoms with E-state index in [0.29, 0.717) is 5.92 Å². The molecule has 4 heteroatoms. The molecule has 1 aromatic heterocycles. The number of hydrogen-bond donors (Lipinski definition) is 0. The Morgan fingerprint density at radius 2 is 1.65 bits per heavy atom. The minimum Gasteiger partial charge on any atom is -1.00 e. The van der Waals surface area contributed by atoms with Crippen LogP contribution in [0.2, 0.25) is 0 Å². The normalized spacial score (nSPS) is 15.4. The molecule has 0 saturated carbocycles. The van der Waals surface area contributed by atoms with Gasteiger partial charge in [0, 0.05) is 11.9 Å². The molecule has 1 nitrogen and oxygen atoms in total. The Balaban J connectivity index is 0.00000161.